The molecule has 0 radical (unpaired) electrons. The minimum Gasteiger partial charge on any atom is -0.486 e. The molecule has 0 spiro atoms. The van der Waals surface area contributed by atoms with Gasteiger partial charge in [0.1, 0.15) is 44.5 Å². The summed E-state index contributed by atoms with van der Waals surface area (Å²) in [5.74, 6) is 4.88. The number of non-ortho nitro benzene ring substituents is 2. The van der Waals surface area contributed by atoms with Crippen LogP contribution in [0.3, 0.4) is 0 Å². The van der Waals surface area contributed by atoms with E-state index < -0.39 is 34.6 Å². The number of nitrogens with zero attached hydrogens (tertiary/aromatic N) is 3. The highest BCUT2D eigenvalue weighted by atomic mass is 35.5. The maximum Gasteiger partial charge on any atom is 0.269 e. The minimum atomic E-state index is -0.559. The number of hydrogen-bond donors (Lipinski definition) is 3. The molecule has 0 unspecified atom stereocenters. The van der Waals surface area contributed by atoms with Crippen LogP contribution in [-0.4, -0.2) is 69.5 Å². The molecule has 4 rings (SSSR count). The minimum absolute atomic E-state index is 0. The van der Waals surface area contributed by atoms with Crippen molar-refractivity contribution in [2.24, 2.45) is 11.1 Å². The number of ketones is 3. The van der Waals surface area contributed by atoms with Gasteiger partial charge in [-0.2, -0.15) is 0 Å². The number of ether oxygens (including phenoxy) is 2. The zero-order valence-corrected chi connectivity index (χ0v) is 30.0. The van der Waals surface area contributed by atoms with Gasteiger partial charge in [0.2, 0.25) is 0 Å². The standard InChI is InChI=1S/C18H18N2O6.C11H12O4.C7H8N2O3.ClH/c1-13(15-3-2-4-18(9-15)25-12-17(22)10-21)19-26-11-14-5-7-16(8-6-14)20(23)24;1-8(13)9-3-2-4-11(5-9)15-7-10(14)6-12;8-12-5-6-1-3-7(4-2-6)9(10)11;/h2-9,21H,10-12H2,1H3;2-5,12H,6-7H2,1H3;1-4H,5,8H2;1H/b19-13+;;;. The molecule has 18 heteroatoms. The van der Waals surface area contributed by atoms with Gasteiger partial charge in [-0.1, -0.05) is 29.4 Å². The summed E-state index contributed by atoms with van der Waals surface area (Å²) in [7, 11) is 0. The van der Waals surface area contributed by atoms with Gasteiger partial charge in [0.05, 0.1) is 22.2 Å². The molecule has 0 fully saturated rings. The molecule has 0 saturated carbocycles. The van der Waals surface area contributed by atoms with Crippen LogP contribution in [0.1, 0.15) is 40.9 Å². The van der Waals surface area contributed by atoms with Crippen molar-refractivity contribution >= 4 is 46.8 Å². The van der Waals surface area contributed by atoms with Gasteiger partial charge in [0.15, 0.2) is 17.3 Å². The van der Waals surface area contributed by atoms with E-state index in [1.807, 2.05) is 6.07 Å². The summed E-state index contributed by atoms with van der Waals surface area (Å²) in [5, 5.41) is 42.0. The second-order valence-electron chi connectivity index (χ2n) is 10.7. The number of oxime groups is 1. The monoisotopic (exact) mass is 770 g/mol. The van der Waals surface area contributed by atoms with Crippen molar-refractivity contribution in [1.82, 2.24) is 0 Å². The number of benzene rings is 4. The Morgan fingerprint density at radius 2 is 1.11 bits per heavy atom. The van der Waals surface area contributed by atoms with Crippen molar-refractivity contribution in [3.63, 3.8) is 0 Å². The SMILES string of the molecule is C/C(=N\OCc1ccc([N+](=O)[O-])cc1)c1cccc(OCC(=O)CO)c1.CC(=O)c1cccc(OCC(=O)CO)c1.Cl.NOCc1ccc([N+](=O)[O-])cc1. The van der Waals surface area contributed by atoms with Crippen LogP contribution < -0.4 is 15.4 Å². The third-order valence-electron chi connectivity index (χ3n) is 6.62. The maximum absolute atomic E-state index is 11.1. The van der Waals surface area contributed by atoms with E-state index in [2.05, 4.69) is 9.99 Å². The fraction of sp³-hybridized carbons (Fsp3) is 0.222. The van der Waals surface area contributed by atoms with E-state index in [0.717, 1.165) is 16.7 Å². The molecule has 0 amide bonds. The van der Waals surface area contributed by atoms with E-state index in [-0.39, 0.29) is 56.0 Å². The summed E-state index contributed by atoms with van der Waals surface area (Å²) in [6.45, 7) is 2.17. The maximum atomic E-state index is 11.1. The number of nitro benzene ring substituents is 2. The number of aliphatic hydroxyl groups excluding tert-OH is 2. The third-order valence-corrected chi connectivity index (χ3v) is 6.62. The van der Waals surface area contributed by atoms with Gasteiger partial charge in [0, 0.05) is 35.4 Å². The third kappa shape index (κ3) is 17.4. The van der Waals surface area contributed by atoms with Crippen molar-refractivity contribution in [1.29, 1.82) is 0 Å². The van der Waals surface area contributed by atoms with E-state index >= 15 is 0 Å². The number of halogens is 1. The molecule has 0 bridgehead atoms. The largest absolute Gasteiger partial charge is 0.486 e. The van der Waals surface area contributed by atoms with Crippen LogP contribution in [0, 0.1) is 20.2 Å². The van der Waals surface area contributed by atoms with Gasteiger partial charge in [-0.25, -0.2) is 5.90 Å². The molecule has 0 aliphatic rings. The van der Waals surface area contributed by atoms with Gasteiger partial charge >= 0.3 is 0 Å². The number of carbonyl (C=O) groups excluding carboxylic acids is 3. The van der Waals surface area contributed by atoms with Crippen molar-refractivity contribution in [2.45, 2.75) is 27.1 Å². The average molecular weight is 771 g/mol. The molecule has 0 saturated heterocycles. The first-order valence-electron chi connectivity index (χ1n) is 15.5. The summed E-state index contributed by atoms with van der Waals surface area (Å²) in [6.07, 6.45) is 0. The predicted molar refractivity (Wildman–Crippen MR) is 197 cm³/mol. The normalized spacial score (nSPS) is 10.2. The van der Waals surface area contributed by atoms with E-state index in [9.17, 15) is 34.6 Å². The average Bonchev–Trinajstić information content (AvgIpc) is 3.17. The van der Waals surface area contributed by atoms with E-state index in [4.69, 9.17) is 30.4 Å². The second kappa shape index (κ2) is 25.0. The quantitative estimate of drug-likeness (QED) is 0.0569. The number of hydrogen-bond acceptors (Lipinski definition) is 15. The highest BCUT2D eigenvalue weighted by molar-refractivity contribution is 5.98. The van der Waals surface area contributed by atoms with Crippen LogP contribution >= 0.6 is 12.4 Å². The van der Waals surface area contributed by atoms with E-state index in [0.29, 0.717) is 22.8 Å². The molecule has 288 valence electrons. The lowest BCUT2D eigenvalue weighted by Crippen LogP contribution is -2.14. The first-order valence-corrected chi connectivity index (χ1v) is 15.5. The Kier molecular flexibility index (Phi) is 21.2. The number of Topliss-reactive ketones (excluding diaryl/α,β-unsaturated/α-hetero) is 3. The topological polar surface area (TPSA) is 253 Å². The van der Waals surface area contributed by atoms with Gasteiger partial charge in [0.25, 0.3) is 11.4 Å². The highest BCUT2D eigenvalue weighted by Gasteiger charge is 2.07. The molecule has 17 nitrogen and oxygen atoms in total. The number of nitro groups is 2. The Hall–Kier alpha value is -6.11. The molecule has 54 heavy (non-hydrogen) atoms. The lowest BCUT2D eigenvalue weighted by Gasteiger charge is -2.07. The Morgan fingerprint density at radius 1 is 0.685 bits per heavy atom. The summed E-state index contributed by atoms with van der Waals surface area (Å²) in [5.41, 5.74) is 3.54. The second-order valence-corrected chi connectivity index (χ2v) is 10.7. The molecule has 0 aliphatic heterocycles. The number of aliphatic hydroxyl groups is 2. The molecule has 0 heterocycles. The first kappa shape index (κ1) is 45.9. The van der Waals surface area contributed by atoms with Crippen LogP contribution in [0.25, 0.3) is 0 Å². The van der Waals surface area contributed by atoms with Crippen LogP contribution in [0.15, 0.2) is 102 Å². The number of nitrogens with two attached hydrogens (primary N) is 1. The van der Waals surface area contributed by atoms with Crippen LogP contribution in [-0.2, 0) is 32.5 Å². The molecule has 4 aromatic carbocycles. The molecular weight excluding hydrogens is 732 g/mol. The lowest BCUT2D eigenvalue weighted by molar-refractivity contribution is -0.385. The Balaban J connectivity index is 0.000000441. The van der Waals surface area contributed by atoms with Crippen LogP contribution in [0.2, 0.25) is 0 Å². The number of carbonyl (C=O) groups is 3. The van der Waals surface area contributed by atoms with Crippen LogP contribution in [0.5, 0.6) is 11.5 Å². The Labute approximate surface area is 315 Å². The molecule has 0 aromatic heterocycles. The molecular formula is C36H39ClN4O13. The predicted octanol–water partition coefficient (Wildman–Crippen LogP) is 4.71. The highest BCUT2D eigenvalue weighted by Crippen LogP contribution is 2.17. The Bertz CT molecular complexity index is 1850. The van der Waals surface area contributed by atoms with E-state index in [1.165, 1.54) is 31.2 Å². The molecule has 0 atom stereocenters. The van der Waals surface area contributed by atoms with Gasteiger partial charge in [-0.3, -0.25) is 39.4 Å². The van der Waals surface area contributed by atoms with Gasteiger partial charge < -0.3 is 24.5 Å². The summed E-state index contributed by atoms with van der Waals surface area (Å²) in [4.78, 5) is 62.4. The summed E-state index contributed by atoms with van der Waals surface area (Å²) in [6, 6.07) is 25.6. The van der Waals surface area contributed by atoms with E-state index in [1.54, 1.807) is 73.7 Å². The van der Waals surface area contributed by atoms with Crippen molar-refractivity contribution < 1.29 is 53.6 Å². The zero-order chi connectivity index (χ0) is 39.2. The summed E-state index contributed by atoms with van der Waals surface area (Å²) >= 11 is 0. The lowest BCUT2D eigenvalue weighted by atomic mass is 10.1. The fourth-order valence-electron chi connectivity index (χ4n) is 3.82. The molecule has 4 N–H and O–H groups in total. The van der Waals surface area contributed by atoms with Crippen molar-refractivity contribution in [2.75, 3.05) is 26.4 Å². The van der Waals surface area contributed by atoms with Crippen molar-refractivity contribution in [3.8, 4) is 11.5 Å². The first-order chi connectivity index (χ1) is 25.4. The van der Waals surface area contributed by atoms with Gasteiger partial charge in [-0.15, -0.1) is 12.4 Å². The van der Waals surface area contributed by atoms with Crippen molar-refractivity contribution in [3.05, 3.63) is 140 Å². The molecule has 0 aliphatic carbocycles. The van der Waals surface area contributed by atoms with Gasteiger partial charge in [-0.05, 0) is 73.5 Å². The number of rotatable bonds is 17. The summed E-state index contributed by atoms with van der Waals surface area (Å²) < 4.78 is 10.4. The smallest absolute Gasteiger partial charge is 0.269 e. The Morgan fingerprint density at radius 3 is 1.52 bits per heavy atom. The van der Waals surface area contributed by atoms with Crippen LogP contribution in [0.4, 0.5) is 11.4 Å². The zero-order valence-electron chi connectivity index (χ0n) is 29.2. The molecule has 4 aromatic rings. The fourth-order valence-corrected chi connectivity index (χ4v) is 3.82.